The zero-order chi connectivity index (χ0) is 13.0. The van der Waals surface area contributed by atoms with E-state index >= 15 is 0 Å². The molecule has 0 aliphatic rings. The molecular formula is C12H19N5S. The fourth-order valence-corrected chi connectivity index (χ4v) is 2.63. The molecule has 0 radical (unpaired) electrons. The van der Waals surface area contributed by atoms with Gasteiger partial charge in [0.15, 0.2) is 0 Å². The summed E-state index contributed by atoms with van der Waals surface area (Å²) in [6, 6.07) is -0.0268. The fourth-order valence-electron chi connectivity index (χ4n) is 1.94. The van der Waals surface area contributed by atoms with Gasteiger partial charge in [-0.2, -0.15) is 5.10 Å². The van der Waals surface area contributed by atoms with Crippen LogP contribution in [0, 0.1) is 0 Å². The third-order valence-corrected chi connectivity index (χ3v) is 3.77. The molecule has 5 nitrogen and oxygen atoms in total. The number of hydrogen-bond donors (Lipinski definition) is 1. The third-order valence-electron chi connectivity index (χ3n) is 2.88. The number of rotatable bonds is 6. The Balaban J connectivity index is 2.06. The van der Waals surface area contributed by atoms with Crippen LogP contribution in [-0.4, -0.2) is 19.4 Å². The quantitative estimate of drug-likeness (QED) is 0.866. The molecule has 0 aliphatic carbocycles. The van der Waals surface area contributed by atoms with Crippen molar-refractivity contribution in [3.8, 4) is 0 Å². The van der Waals surface area contributed by atoms with Gasteiger partial charge in [0.25, 0.3) is 0 Å². The van der Waals surface area contributed by atoms with Gasteiger partial charge in [-0.05, 0) is 36.9 Å². The van der Waals surface area contributed by atoms with Crippen molar-refractivity contribution in [2.75, 3.05) is 0 Å². The van der Waals surface area contributed by atoms with E-state index in [0.717, 1.165) is 36.4 Å². The summed E-state index contributed by atoms with van der Waals surface area (Å²) in [7, 11) is 0. The van der Waals surface area contributed by atoms with Gasteiger partial charge in [0.05, 0.1) is 16.8 Å². The normalized spacial score (nSPS) is 12.8. The number of aromatic nitrogens is 4. The minimum atomic E-state index is -0.0268. The number of aryl methyl sites for hydroxylation is 2. The van der Waals surface area contributed by atoms with Crippen LogP contribution in [0.4, 0.5) is 0 Å². The highest BCUT2D eigenvalue weighted by Crippen LogP contribution is 2.22. The van der Waals surface area contributed by atoms with Gasteiger partial charge in [0, 0.05) is 18.8 Å². The molecule has 0 aliphatic heterocycles. The second-order valence-electron chi connectivity index (χ2n) is 4.35. The highest BCUT2D eigenvalue weighted by atomic mass is 32.1. The maximum atomic E-state index is 6.25. The average Bonchev–Trinajstić information content (AvgIpc) is 2.98. The zero-order valence-corrected chi connectivity index (χ0v) is 11.7. The van der Waals surface area contributed by atoms with Gasteiger partial charge in [-0.1, -0.05) is 17.8 Å². The summed E-state index contributed by atoms with van der Waals surface area (Å²) < 4.78 is 5.93. The van der Waals surface area contributed by atoms with Gasteiger partial charge >= 0.3 is 0 Å². The minimum Gasteiger partial charge on any atom is -0.323 e. The largest absolute Gasteiger partial charge is 0.323 e. The first-order valence-corrected chi connectivity index (χ1v) is 7.10. The summed E-state index contributed by atoms with van der Waals surface area (Å²) in [5, 5.41) is 8.42. The molecule has 18 heavy (non-hydrogen) atoms. The van der Waals surface area contributed by atoms with Crippen LogP contribution in [0.5, 0.6) is 0 Å². The lowest BCUT2D eigenvalue weighted by Gasteiger charge is -2.08. The summed E-state index contributed by atoms with van der Waals surface area (Å²) >= 11 is 1.42. The predicted molar refractivity (Wildman–Crippen MR) is 72.4 cm³/mol. The van der Waals surface area contributed by atoms with E-state index in [1.165, 1.54) is 17.1 Å². The molecule has 2 aromatic rings. The Morgan fingerprint density at radius 1 is 1.44 bits per heavy atom. The van der Waals surface area contributed by atoms with E-state index in [9.17, 15) is 0 Å². The lowest BCUT2D eigenvalue weighted by atomic mass is 10.1. The smallest absolute Gasteiger partial charge is 0.0803 e. The molecule has 6 heteroatoms. The van der Waals surface area contributed by atoms with Crippen molar-refractivity contribution in [3.63, 3.8) is 0 Å². The van der Waals surface area contributed by atoms with Crippen LogP contribution in [0.1, 0.15) is 42.4 Å². The van der Waals surface area contributed by atoms with E-state index < -0.39 is 0 Å². The average molecular weight is 265 g/mol. The Morgan fingerprint density at radius 2 is 2.28 bits per heavy atom. The Hall–Kier alpha value is -1.27. The fraction of sp³-hybridized carbons (Fsp3) is 0.583. The molecule has 0 bridgehead atoms. The Kier molecular flexibility index (Phi) is 4.43. The van der Waals surface area contributed by atoms with E-state index in [2.05, 4.69) is 28.5 Å². The van der Waals surface area contributed by atoms with Gasteiger partial charge in [-0.15, -0.1) is 5.10 Å². The summed E-state index contributed by atoms with van der Waals surface area (Å²) in [5.41, 5.74) is 8.47. The highest BCUT2D eigenvalue weighted by molar-refractivity contribution is 7.05. The van der Waals surface area contributed by atoms with Gasteiger partial charge in [-0.3, -0.25) is 4.68 Å². The van der Waals surface area contributed by atoms with Crippen LogP contribution in [0.2, 0.25) is 0 Å². The molecule has 2 aromatic heterocycles. The van der Waals surface area contributed by atoms with Crippen LogP contribution >= 0.6 is 11.5 Å². The van der Waals surface area contributed by atoms with Crippen molar-refractivity contribution in [1.29, 1.82) is 0 Å². The van der Waals surface area contributed by atoms with Gasteiger partial charge in [0.1, 0.15) is 0 Å². The maximum Gasteiger partial charge on any atom is 0.0803 e. The lowest BCUT2D eigenvalue weighted by Crippen LogP contribution is -2.13. The molecule has 1 unspecified atom stereocenters. The van der Waals surface area contributed by atoms with E-state index in [1.54, 1.807) is 0 Å². The van der Waals surface area contributed by atoms with Gasteiger partial charge < -0.3 is 5.73 Å². The first-order chi connectivity index (χ1) is 8.74. The van der Waals surface area contributed by atoms with Crippen molar-refractivity contribution < 1.29 is 0 Å². The van der Waals surface area contributed by atoms with Crippen LogP contribution in [0.15, 0.2) is 12.4 Å². The van der Waals surface area contributed by atoms with E-state index in [4.69, 9.17) is 5.73 Å². The van der Waals surface area contributed by atoms with Crippen molar-refractivity contribution in [2.24, 2.45) is 5.73 Å². The van der Waals surface area contributed by atoms with Gasteiger partial charge in [-0.25, -0.2) is 0 Å². The molecule has 0 saturated heterocycles. The Labute approximate surface area is 111 Å². The zero-order valence-electron chi connectivity index (χ0n) is 10.8. The van der Waals surface area contributed by atoms with E-state index in [-0.39, 0.29) is 6.04 Å². The number of nitrogens with zero attached hydrogens (tertiary/aromatic N) is 4. The molecule has 2 N–H and O–H groups in total. The van der Waals surface area contributed by atoms with Crippen molar-refractivity contribution in [1.82, 2.24) is 19.4 Å². The third kappa shape index (κ3) is 2.94. The molecule has 0 saturated carbocycles. The summed E-state index contributed by atoms with van der Waals surface area (Å²) in [5.74, 6) is 0. The summed E-state index contributed by atoms with van der Waals surface area (Å²) in [6.07, 6.45) is 6.75. The molecule has 2 rings (SSSR count). The number of nitrogens with two attached hydrogens (primary N) is 1. The molecule has 98 valence electrons. The molecule has 1 atom stereocenters. The van der Waals surface area contributed by atoms with Crippen LogP contribution < -0.4 is 5.73 Å². The predicted octanol–water partition coefficient (Wildman–Crippen LogP) is 1.95. The maximum absolute atomic E-state index is 6.25. The first-order valence-electron chi connectivity index (χ1n) is 6.32. The standard InChI is InChI=1S/C12H19N5S/c1-3-5-11-12(18-16-15-11)10(13)6-9-7-14-17(4-2)8-9/h7-8,10H,3-6,13H2,1-2H3. The van der Waals surface area contributed by atoms with Crippen molar-refractivity contribution in [2.45, 2.75) is 45.7 Å². The second kappa shape index (κ2) is 6.06. The Morgan fingerprint density at radius 3 is 2.94 bits per heavy atom. The molecule has 0 fully saturated rings. The molecule has 2 heterocycles. The lowest BCUT2D eigenvalue weighted by molar-refractivity contribution is 0.657. The summed E-state index contributed by atoms with van der Waals surface area (Å²) in [4.78, 5) is 1.11. The van der Waals surface area contributed by atoms with Crippen molar-refractivity contribution >= 4 is 11.5 Å². The first kappa shape index (κ1) is 13.2. The molecule has 0 spiro atoms. The number of hydrogen-bond acceptors (Lipinski definition) is 5. The second-order valence-corrected chi connectivity index (χ2v) is 5.13. The highest BCUT2D eigenvalue weighted by Gasteiger charge is 2.16. The van der Waals surface area contributed by atoms with Crippen LogP contribution in [0.25, 0.3) is 0 Å². The van der Waals surface area contributed by atoms with Crippen LogP contribution in [0.3, 0.4) is 0 Å². The molecular weight excluding hydrogens is 246 g/mol. The molecule has 0 amide bonds. The minimum absolute atomic E-state index is 0.0268. The molecule has 0 aromatic carbocycles. The topological polar surface area (TPSA) is 69.6 Å². The van der Waals surface area contributed by atoms with E-state index in [0.29, 0.717) is 0 Å². The van der Waals surface area contributed by atoms with Crippen molar-refractivity contribution in [3.05, 3.63) is 28.5 Å². The summed E-state index contributed by atoms with van der Waals surface area (Å²) in [6.45, 7) is 5.10. The Bertz CT molecular complexity index is 490. The van der Waals surface area contributed by atoms with Crippen LogP contribution in [-0.2, 0) is 19.4 Å². The van der Waals surface area contributed by atoms with E-state index in [1.807, 2.05) is 17.1 Å². The van der Waals surface area contributed by atoms with Gasteiger partial charge in [0.2, 0.25) is 0 Å². The SMILES string of the molecule is CCCc1nnsc1C(N)Cc1cnn(CC)c1. The monoisotopic (exact) mass is 265 g/mol.